The van der Waals surface area contributed by atoms with Crippen LogP contribution in [0.15, 0.2) is 0 Å². The van der Waals surface area contributed by atoms with Crippen LogP contribution in [0, 0.1) is 0 Å². The average molecular weight is 1020 g/mol. The van der Waals surface area contributed by atoms with Crippen LogP contribution in [0.5, 0.6) is 0 Å². The van der Waals surface area contributed by atoms with Crippen molar-refractivity contribution in [2.45, 2.75) is 198 Å². The molecule has 0 aromatic heterocycles. The lowest BCUT2D eigenvalue weighted by Gasteiger charge is -2.51. The van der Waals surface area contributed by atoms with Gasteiger partial charge in [-0.2, -0.15) is 0 Å². The Kier molecular flexibility index (Phi) is 19.8. The molecule has 6 saturated heterocycles. The number of hydrogen-bond donors (Lipinski definition) is 19. The van der Waals surface area contributed by atoms with Crippen molar-refractivity contribution in [3.8, 4) is 0 Å². The molecule has 19 N–H and O–H groups in total. The Morgan fingerprint density at radius 1 is 0.377 bits per heavy atom. The van der Waals surface area contributed by atoms with Crippen LogP contribution in [-0.4, -0.2) is 315 Å². The number of amides is 1. The van der Waals surface area contributed by atoms with Crippen LogP contribution in [0.3, 0.4) is 0 Å². The minimum atomic E-state index is -2.21. The molecular weight excluding hydrogens is 950 g/mol. The number of carbonyl (C=O) groups is 1. The predicted molar refractivity (Wildman–Crippen MR) is 209 cm³/mol. The van der Waals surface area contributed by atoms with Crippen molar-refractivity contribution >= 4 is 5.91 Å². The van der Waals surface area contributed by atoms with Gasteiger partial charge in [-0.15, -0.1) is 0 Å². The zero-order chi connectivity index (χ0) is 50.9. The summed E-state index contributed by atoms with van der Waals surface area (Å²) in [6.07, 6.45) is -54.3. The first-order chi connectivity index (χ1) is 32.6. The Morgan fingerprint density at radius 2 is 0.768 bits per heavy atom. The summed E-state index contributed by atoms with van der Waals surface area (Å²) in [5.41, 5.74) is 0. The molecule has 402 valence electrons. The fourth-order valence-corrected chi connectivity index (χ4v) is 8.84. The molecule has 30 atom stereocenters. The molecule has 0 aromatic carbocycles. The van der Waals surface area contributed by atoms with E-state index in [9.17, 15) is 96.7 Å². The lowest BCUT2D eigenvalue weighted by molar-refractivity contribution is -0.393. The molecule has 6 aliphatic heterocycles. The van der Waals surface area contributed by atoms with E-state index >= 15 is 0 Å². The fourth-order valence-electron chi connectivity index (χ4n) is 8.84. The van der Waals surface area contributed by atoms with Crippen LogP contribution in [0.25, 0.3) is 0 Å². The van der Waals surface area contributed by atoms with Gasteiger partial charge in [0.1, 0.15) is 140 Å². The molecule has 0 radical (unpaired) electrons. The molecule has 0 aromatic rings. The van der Waals surface area contributed by atoms with Crippen LogP contribution in [-0.2, 0) is 56.9 Å². The van der Waals surface area contributed by atoms with E-state index in [1.165, 1.54) is 6.92 Å². The van der Waals surface area contributed by atoms with Crippen LogP contribution >= 0.6 is 0 Å². The Hall–Kier alpha value is -1.69. The second-order valence-corrected chi connectivity index (χ2v) is 17.5. The van der Waals surface area contributed by atoms with Crippen molar-refractivity contribution < 1.29 is 149 Å². The molecule has 0 spiro atoms. The number of aliphatic hydroxyl groups excluding tert-OH is 18. The lowest BCUT2D eigenvalue weighted by Crippen LogP contribution is -2.70. The molecule has 6 fully saturated rings. The first-order valence-corrected chi connectivity index (χ1v) is 22.0. The minimum Gasteiger partial charge on any atom is -0.394 e. The SMILES string of the molecule is CC(=O)N[C@H]1[C@H](O[C@H]2[C@@H](O)[C@@H](CO)O[C@H](O[C@@H]3[C@H](O)[C@@H](O)[C@H](O[C@H]4[C@H](O)[C@@H](O)[C@@H](O)O[C@@H]4CO)O[C@@H]3CO)[C@@H]2O)O[C@H](CO)[C@H](O)[C@@H]1O[C@@H]1O[C@H](CO)[C@H](O)[C@H](O)[C@H]1O[C@@H]1O[C@@H](C)[C@@H](O)[C@@H](O)[C@@H]1O. The second kappa shape index (κ2) is 24.1. The standard InChI is InChI=1S/C38H65NO30/c1-8-16(46)20(50)25(55)35(59-8)69-32-21(51)17(47)10(3-40)63-38(32)67-30-15(39-9(2)45)34(61-11(4-41)18(30)48)68-31-19(49)12(5-42)62-37(27(31)57)66-29-14(7-44)64-36(26(56)23(29)53)65-28-13(6-43)60-33(58)24(54)22(28)52/h8,10-38,40-44,46-58H,3-7H2,1-2H3,(H,39,45)/t8-,10+,11+,12+,13+,14+,15+,16+,17-,18-,19-,20+,21-,22+,23+,24+,25-,26+,27+,28+,29-,30+,31-,32+,33-,34-,35-,36-,37+,38-/m0/s1. The summed E-state index contributed by atoms with van der Waals surface area (Å²) in [5, 5.41) is 194. The van der Waals surface area contributed by atoms with Crippen LogP contribution in [0.4, 0.5) is 0 Å². The zero-order valence-electron chi connectivity index (χ0n) is 36.8. The topological polar surface area (TPSA) is 495 Å². The maximum atomic E-state index is 12.7. The van der Waals surface area contributed by atoms with Gasteiger partial charge in [0, 0.05) is 6.92 Å². The van der Waals surface area contributed by atoms with E-state index in [1.54, 1.807) is 0 Å². The van der Waals surface area contributed by atoms with Gasteiger partial charge in [0.05, 0.1) is 39.1 Å². The van der Waals surface area contributed by atoms with Gasteiger partial charge in [0.25, 0.3) is 0 Å². The molecule has 6 heterocycles. The highest BCUT2D eigenvalue weighted by atomic mass is 16.8. The molecule has 31 nitrogen and oxygen atoms in total. The van der Waals surface area contributed by atoms with E-state index in [0.29, 0.717) is 0 Å². The largest absolute Gasteiger partial charge is 0.394 e. The number of nitrogens with one attached hydrogen (secondary N) is 1. The van der Waals surface area contributed by atoms with E-state index in [-0.39, 0.29) is 0 Å². The van der Waals surface area contributed by atoms with Gasteiger partial charge in [-0.3, -0.25) is 4.79 Å². The monoisotopic (exact) mass is 1020 g/mol. The predicted octanol–water partition coefficient (Wildman–Crippen LogP) is -12.9. The van der Waals surface area contributed by atoms with Gasteiger partial charge in [0.2, 0.25) is 5.91 Å². The summed E-state index contributed by atoms with van der Waals surface area (Å²) in [6, 6.07) is -1.79. The molecule has 6 aliphatic rings. The first-order valence-electron chi connectivity index (χ1n) is 22.0. The number of hydrogen-bond acceptors (Lipinski definition) is 30. The number of aliphatic hydroxyl groups is 18. The molecule has 6 rings (SSSR count). The van der Waals surface area contributed by atoms with Crippen LogP contribution in [0.2, 0.25) is 0 Å². The highest BCUT2D eigenvalue weighted by Gasteiger charge is 2.58. The molecule has 0 bridgehead atoms. The highest BCUT2D eigenvalue weighted by Crippen LogP contribution is 2.37. The highest BCUT2D eigenvalue weighted by molar-refractivity contribution is 5.73. The van der Waals surface area contributed by atoms with E-state index in [1.807, 2.05) is 0 Å². The molecule has 69 heavy (non-hydrogen) atoms. The summed E-state index contributed by atoms with van der Waals surface area (Å²) in [7, 11) is 0. The number of ether oxygens (including phenoxy) is 11. The second-order valence-electron chi connectivity index (χ2n) is 17.5. The number of carbonyl (C=O) groups excluding carboxylic acids is 1. The lowest BCUT2D eigenvalue weighted by atomic mass is 9.94. The zero-order valence-corrected chi connectivity index (χ0v) is 36.8. The fraction of sp³-hybridized carbons (Fsp3) is 0.974. The average Bonchev–Trinajstić information content (AvgIpc) is 3.32. The van der Waals surface area contributed by atoms with Crippen molar-refractivity contribution in [3.63, 3.8) is 0 Å². The normalized spacial score (nSPS) is 52.1. The smallest absolute Gasteiger partial charge is 0.217 e. The Morgan fingerprint density at radius 3 is 1.33 bits per heavy atom. The van der Waals surface area contributed by atoms with Crippen molar-refractivity contribution in [1.29, 1.82) is 0 Å². The molecule has 0 aliphatic carbocycles. The quantitative estimate of drug-likeness (QED) is 0.0682. The third kappa shape index (κ3) is 11.8. The first kappa shape index (κ1) is 56.6. The third-order valence-corrected chi connectivity index (χ3v) is 12.8. The van der Waals surface area contributed by atoms with Crippen LogP contribution < -0.4 is 5.32 Å². The van der Waals surface area contributed by atoms with Crippen LogP contribution in [0.1, 0.15) is 13.8 Å². The molecule has 31 heteroatoms. The maximum absolute atomic E-state index is 12.7. The Balaban J connectivity index is 1.23. The summed E-state index contributed by atoms with van der Waals surface area (Å²) in [6.45, 7) is -2.55. The van der Waals surface area contributed by atoms with E-state index in [4.69, 9.17) is 52.1 Å². The Labute approximate surface area is 390 Å². The molecular formula is C38H65NO30. The molecule has 1 amide bonds. The summed E-state index contributed by atoms with van der Waals surface area (Å²) in [4.78, 5) is 12.7. The van der Waals surface area contributed by atoms with Crippen molar-refractivity contribution in [3.05, 3.63) is 0 Å². The summed E-state index contributed by atoms with van der Waals surface area (Å²) < 4.78 is 62.4. The van der Waals surface area contributed by atoms with Gasteiger partial charge in [-0.1, -0.05) is 0 Å². The van der Waals surface area contributed by atoms with E-state index < -0.39 is 223 Å². The minimum absolute atomic E-state index is 0.863. The van der Waals surface area contributed by atoms with Crippen molar-refractivity contribution in [2.75, 3.05) is 33.0 Å². The molecule has 0 saturated carbocycles. The summed E-state index contributed by atoms with van der Waals surface area (Å²) in [5.74, 6) is -0.863. The maximum Gasteiger partial charge on any atom is 0.217 e. The van der Waals surface area contributed by atoms with Gasteiger partial charge in [-0.05, 0) is 6.92 Å². The van der Waals surface area contributed by atoms with E-state index in [0.717, 1.165) is 6.92 Å². The third-order valence-electron chi connectivity index (χ3n) is 12.8. The van der Waals surface area contributed by atoms with Gasteiger partial charge in [0.15, 0.2) is 37.7 Å². The van der Waals surface area contributed by atoms with Crippen molar-refractivity contribution in [2.24, 2.45) is 0 Å². The summed E-state index contributed by atoms with van der Waals surface area (Å²) >= 11 is 0. The van der Waals surface area contributed by atoms with Gasteiger partial charge < -0.3 is 149 Å². The van der Waals surface area contributed by atoms with Crippen molar-refractivity contribution in [1.82, 2.24) is 5.32 Å². The van der Waals surface area contributed by atoms with Gasteiger partial charge in [-0.25, -0.2) is 0 Å². The number of rotatable bonds is 16. The van der Waals surface area contributed by atoms with Gasteiger partial charge >= 0.3 is 0 Å². The van der Waals surface area contributed by atoms with E-state index in [2.05, 4.69) is 5.32 Å². The Bertz CT molecular complexity index is 1610. The molecule has 0 unspecified atom stereocenters.